The van der Waals surface area contributed by atoms with E-state index in [2.05, 4.69) is 15.1 Å². The Labute approximate surface area is 181 Å². The Kier molecular flexibility index (Phi) is 5.74. The van der Waals surface area contributed by atoms with E-state index < -0.39 is 23.3 Å². The minimum Gasteiger partial charge on any atom is -0.340 e. The maximum absolute atomic E-state index is 13.9. The third-order valence-corrected chi connectivity index (χ3v) is 5.64. The molecule has 32 heavy (non-hydrogen) atoms. The summed E-state index contributed by atoms with van der Waals surface area (Å²) in [7, 11) is 0. The quantitative estimate of drug-likeness (QED) is 0.607. The predicted octanol–water partition coefficient (Wildman–Crippen LogP) is 3.33. The first-order valence-electron chi connectivity index (χ1n) is 10.3. The summed E-state index contributed by atoms with van der Waals surface area (Å²) < 4.78 is 48.0. The minimum absolute atomic E-state index is 0.148. The highest BCUT2D eigenvalue weighted by molar-refractivity contribution is 5.82. The number of carbonyl (C=O) groups excluding carboxylic acids is 1. The van der Waals surface area contributed by atoms with Crippen molar-refractivity contribution in [1.82, 2.24) is 24.6 Å². The van der Waals surface area contributed by atoms with Crippen LogP contribution in [0.25, 0.3) is 11.1 Å². The largest absolute Gasteiger partial charge is 0.417 e. The van der Waals surface area contributed by atoms with Crippen molar-refractivity contribution in [1.29, 1.82) is 0 Å². The van der Waals surface area contributed by atoms with Gasteiger partial charge in [-0.05, 0) is 30.9 Å². The monoisotopic (exact) mass is 449 g/mol. The number of fused-ring (bicyclic) bond motifs is 1. The van der Waals surface area contributed by atoms with Crippen molar-refractivity contribution < 1.29 is 22.5 Å². The van der Waals surface area contributed by atoms with Gasteiger partial charge in [-0.3, -0.25) is 9.36 Å². The van der Waals surface area contributed by atoms with Gasteiger partial charge in [0.25, 0.3) is 5.71 Å². The molecule has 1 fully saturated rings. The molecule has 3 aromatic rings. The van der Waals surface area contributed by atoms with E-state index in [9.17, 15) is 22.8 Å². The zero-order chi connectivity index (χ0) is 23.0. The first-order chi connectivity index (χ1) is 15.1. The molecule has 1 saturated heterocycles. The van der Waals surface area contributed by atoms with Gasteiger partial charge in [0.05, 0.1) is 16.6 Å². The van der Waals surface area contributed by atoms with Gasteiger partial charge >= 0.3 is 11.9 Å². The highest BCUT2D eigenvalue weighted by Crippen LogP contribution is 2.40. The van der Waals surface area contributed by atoms with Crippen LogP contribution in [0.3, 0.4) is 0 Å². The van der Waals surface area contributed by atoms with Crippen LogP contribution in [0.4, 0.5) is 13.2 Å². The number of piperidine rings is 1. The topological polar surface area (TPSA) is 94.1 Å². The number of amides is 1. The minimum atomic E-state index is -4.60. The lowest BCUT2D eigenvalue weighted by atomic mass is 9.91. The number of pyridine rings is 1. The van der Waals surface area contributed by atoms with E-state index in [1.54, 1.807) is 19.9 Å². The van der Waals surface area contributed by atoms with Crippen molar-refractivity contribution in [2.24, 2.45) is 0 Å². The Bertz CT molecular complexity index is 1200. The summed E-state index contributed by atoms with van der Waals surface area (Å²) in [6, 6.07) is 2.60. The van der Waals surface area contributed by atoms with Crippen molar-refractivity contribution in [3.63, 3.8) is 0 Å². The molecule has 3 aromatic heterocycles. The number of alkyl halides is 3. The van der Waals surface area contributed by atoms with Crippen LogP contribution in [0, 0.1) is 0 Å². The molecule has 0 saturated carbocycles. The third-order valence-electron chi connectivity index (χ3n) is 5.64. The van der Waals surface area contributed by atoms with E-state index in [4.69, 9.17) is 4.52 Å². The molecule has 1 atom stereocenters. The van der Waals surface area contributed by atoms with Gasteiger partial charge < -0.3 is 9.42 Å². The normalized spacial score (nSPS) is 17.3. The summed E-state index contributed by atoms with van der Waals surface area (Å²) in [5.74, 6) is -0.964. The van der Waals surface area contributed by atoms with Gasteiger partial charge in [-0.15, -0.1) is 0 Å². The Hall–Kier alpha value is -3.24. The molecular weight excluding hydrogens is 427 g/mol. The Balaban J connectivity index is 1.65. The standard InChI is InChI=1S/C21H22F3N5O3/c1-12(2)15-9-14(21(22,23)24)17-18(27-32-19(17)26-15)13-5-3-7-28(10-13)16(30)11-29-8-4-6-25-20(29)31/h4,6,8-9,12-13H,3,5,7,10-11H2,1-2H3/t13-/m1/s1. The third kappa shape index (κ3) is 4.23. The highest BCUT2D eigenvalue weighted by Gasteiger charge is 2.38. The molecule has 4 rings (SSSR count). The summed E-state index contributed by atoms with van der Waals surface area (Å²) in [5.41, 5.74) is -1.09. The molecule has 4 heterocycles. The lowest BCUT2D eigenvalue weighted by Crippen LogP contribution is -2.42. The van der Waals surface area contributed by atoms with Crippen LogP contribution in [-0.2, 0) is 17.5 Å². The van der Waals surface area contributed by atoms with Gasteiger partial charge in [0, 0.05) is 37.1 Å². The lowest BCUT2D eigenvalue weighted by molar-refractivity contribution is -0.136. The number of carbonyl (C=O) groups is 1. The van der Waals surface area contributed by atoms with E-state index in [-0.39, 0.29) is 47.4 Å². The molecule has 0 unspecified atom stereocenters. The van der Waals surface area contributed by atoms with E-state index in [0.717, 1.165) is 6.07 Å². The van der Waals surface area contributed by atoms with Gasteiger partial charge in [-0.1, -0.05) is 19.0 Å². The Morgan fingerprint density at radius 1 is 1.34 bits per heavy atom. The van der Waals surface area contributed by atoms with E-state index in [1.165, 1.54) is 21.9 Å². The predicted molar refractivity (Wildman–Crippen MR) is 108 cm³/mol. The van der Waals surface area contributed by atoms with Crippen LogP contribution < -0.4 is 5.69 Å². The van der Waals surface area contributed by atoms with Crippen molar-refractivity contribution in [2.75, 3.05) is 13.1 Å². The highest BCUT2D eigenvalue weighted by atomic mass is 19.4. The summed E-state index contributed by atoms with van der Waals surface area (Å²) >= 11 is 0. The molecule has 1 aliphatic rings. The van der Waals surface area contributed by atoms with Crippen molar-refractivity contribution in [3.8, 4) is 0 Å². The van der Waals surface area contributed by atoms with Crippen molar-refractivity contribution in [3.05, 3.63) is 52.0 Å². The van der Waals surface area contributed by atoms with Crippen LogP contribution in [0.1, 0.15) is 55.5 Å². The fourth-order valence-corrected chi connectivity index (χ4v) is 3.97. The molecule has 0 aliphatic carbocycles. The number of halogens is 3. The molecule has 11 heteroatoms. The molecule has 0 bridgehead atoms. The maximum atomic E-state index is 13.9. The number of aromatic nitrogens is 4. The number of hydrogen-bond acceptors (Lipinski definition) is 6. The fraction of sp³-hybridized carbons (Fsp3) is 0.476. The van der Waals surface area contributed by atoms with Crippen LogP contribution in [0.2, 0.25) is 0 Å². The molecule has 0 spiro atoms. The average molecular weight is 449 g/mol. The first kappa shape index (κ1) is 22.0. The number of hydrogen-bond donors (Lipinski definition) is 0. The van der Waals surface area contributed by atoms with Crippen molar-refractivity contribution >= 4 is 17.0 Å². The Morgan fingerprint density at radius 2 is 2.12 bits per heavy atom. The molecule has 170 valence electrons. The number of likely N-dealkylation sites (tertiary alicyclic amines) is 1. The van der Waals surface area contributed by atoms with Crippen LogP contribution in [-0.4, -0.2) is 43.6 Å². The van der Waals surface area contributed by atoms with E-state index >= 15 is 0 Å². The van der Waals surface area contributed by atoms with Crippen LogP contribution in [0.15, 0.2) is 33.8 Å². The second-order valence-corrected chi connectivity index (χ2v) is 8.20. The van der Waals surface area contributed by atoms with Crippen molar-refractivity contribution in [2.45, 2.75) is 51.2 Å². The second kappa shape index (κ2) is 8.36. The smallest absolute Gasteiger partial charge is 0.340 e. The second-order valence-electron chi connectivity index (χ2n) is 8.20. The van der Waals surface area contributed by atoms with Crippen LogP contribution >= 0.6 is 0 Å². The first-order valence-corrected chi connectivity index (χ1v) is 10.3. The van der Waals surface area contributed by atoms with Crippen LogP contribution in [0.5, 0.6) is 0 Å². The zero-order valence-electron chi connectivity index (χ0n) is 17.6. The van der Waals surface area contributed by atoms with Gasteiger partial charge in [0.2, 0.25) is 5.91 Å². The maximum Gasteiger partial charge on any atom is 0.417 e. The Morgan fingerprint density at radius 3 is 2.81 bits per heavy atom. The SMILES string of the molecule is CC(C)c1cc(C(F)(F)F)c2c([C@@H]3CCCN(C(=O)Cn4cccnc4=O)C3)noc2n1. The molecule has 8 nitrogen and oxygen atoms in total. The van der Waals surface area contributed by atoms with E-state index in [1.807, 2.05) is 0 Å². The fourth-order valence-electron chi connectivity index (χ4n) is 3.97. The molecule has 0 aromatic carbocycles. The molecular formula is C21H22F3N5O3. The molecule has 1 amide bonds. The van der Waals surface area contributed by atoms with Gasteiger partial charge in [0.15, 0.2) is 0 Å². The summed E-state index contributed by atoms with van der Waals surface area (Å²) in [6.07, 6.45) is -0.649. The van der Waals surface area contributed by atoms with Gasteiger partial charge in [-0.25, -0.2) is 14.8 Å². The average Bonchev–Trinajstić information content (AvgIpc) is 3.18. The molecule has 1 aliphatic heterocycles. The molecule has 0 radical (unpaired) electrons. The zero-order valence-corrected chi connectivity index (χ0v) is 17.6. The van der Waals surface area contributed by atoms with Gasteiger partial charge in [0.1, 0.15) is 6.54 Å². The summed E-state index contributed by atoms with van der Waals surface area (Å²) in [4.78, 5) is 33.9. The van der Waals surface area contributed by atoms with Gasteiger partial charge in [-0.2, -0.15) is 13.2 Å². The summed E-state index contributed by atoms with van der Waals surface area (Å²) in [6.45, 7) is 3.94. The van der Waals surface area contributed by atoms with E-state index in [0.29, 0.717) is 19.4 Å². The number of nitrogens with zero attached hydrogens (tertiary/aromatic N) is 5. The number of rotatable bonds is 4. The summed E-state index contributed by atoms with van der Waals surface area (Å²) in [5, 5.41) is 3.80. The lowest BCUT2D eigenvalue weighted by Gasteiger charge is -2.32. The molecule has 0 N–H and O–H groups in total.